The van der Waals surface area contributed by atoms with Crippen molar-refractivity contribution in [3.8, 4) is 0 Å². The van der Waals surface area contributed by atoms with Crippen molar-refractivity contribution in [1.82, 2.24) is 93.8 Å². The summed E-state index contributed by atoms with van der Waals surface area (Å²) in [6.45, 7) is 49.5. The number of alkyl halides is 1. The van der Waals surface area contributed by atoms with Crippen LogP contribution in [0.15, 0.2) is 169 Å². The van der Waals surface area contributed by atoms with Crippen LogP contribution in [-0.4, -0.2) is 228 Å². The fourth-order valence-electron chi connectivity index (χ4n) is 17.9. The van der Waals surface area contributed by atoms with Crippen molar-refractivity contribution in [3.05, 3.63) is 203 Å². The van der Waals surface area contributed by atoms with E-state index in [-0.39, 0.29) is 52.4 Å². The molecule has 7 aromatic heterocycles. The summed E-state index contributed by atoms with van der Waals surface area (Å²) in [5.74, 6) is 1.42. The number of ketones is 1. The van der Waals surface area contributed by atoms with Gasteiger partial charge >= 0.3 is 24.4 Å². The average molecular weight is 2320 g/mol. The number of aliphatic hydroxyl groups excluding tert-OH is 1. The molecule has 1 aliphatic carbocycles. The highest BCUT2D eigenvalue weighted by atomic mass is 127. The average Bonchev–Trinajstić information content (AvgIpc) is 1.60. The second-order valence-electron chi connectivity index (χ2n) is 39.5. The van der Waals surface area contributed by atoms with Gasteiger partial charge in [0.2, 0.25) is 0 Å². The molecule has 4 N–H and O–H groups in total. The minimum absolute atomic E-state index is 0. The van der Waals surface area contributed by atoms with E-state index in [1.807, 2.05) is 218 Å². The van der Waals surface area contributed by atoms with E-state index < -0.39 is 28.0 Å². The molecular formula is C112H165Br3IN19O11. The predicted molar refractivity (Wildman–Crippen MR) is 614 cm³/mol. The van der Waals surface area contributed by atoms with Crippen molar-refractivity contribution < 1.29 is 53.1 Å². The second-order valence-corrected chi connectivity index (χ2v) is 41.8. The van der Waals surface area contributed by atoms with Crippen LogP contribution in [0.2, 0.25) is 0 Å². The van der Waals surface area contributed by atoms with Crippen molar-refractivity contribution in [3.63, 3.8) is 0 Å². The minimum atomic E-state index is -0.982. The molecule has 802 valence electrons. The van der Waals surface area contributed by atoms with Crippen LogP contribution in [0.25, 0.3) is 71.0 Å². The van der Waals surface area contributed by atoms with Gasteiger partial charge in [-0.2, -0.15) is 35.7 Å². The number of piperidine rings is 4. The molecule has 34 heteroatoms. The number of hydrogen-bond acceptors (Lipinski definition) is 19. The normalized spacial score (nSPS) is 15.1. The first-order chi connectivity index (χ1) is 68.4. The molecule has 5 aliphatic heterocycles. The Bertz CT molecular complexity index is 6130. The number of aliphatic hydroxyl groups is 2. The molecule has 4 fully saturated rings. The third-order valence-electron chi connectivity index (χ3n) is 24.5. The lowest BCUT2D eigenvalue weighted by molar-refractivity contribution is -0.121. The van der Waals surface area contributed by atoms with Gasteiger partial charge in [0.1, 0.15) is 38.4 Å². The summed E-state index contributed by atoms with van der Waals surface area (Å²) in [5, 5.41) is 63.2. The third-order valence-corrected chi connectivity index (χ3v) is 25.4. The molecular weight excluding hydrogens is 2150 g/mol. The summed E-state index contributed by atoms with van der Waals surface area (Å²) < 4.78 is 36.1. The monoisotopic (exact) mass is 2320 g/mol. The molecule has 6 aromatic carbocycles. The highest BCUT2D eigenvalue weighted by Gasteiger charge is 2.41. The van der Waals surface area contributed by atoms with E-state index in [2.05, 4.69) is 213 Å². The molecule has 0 bridgehead atoms. The lowest BCUT2D eigenvalue weighted by Crippen LogP contribution is -2.47. The first-order valence-electron chi connectivity index (χ1n) is 50.5. The number of nitrogens with zero attached hydrogens (tertiary/aromatic N) is 17. The van der Waals surface area contributed by atoms with Gasteiger partial charge < -0.3 is 54.1 Å². The summed E-state index contributed by atoms with van der Waals surface area (Å²) in [7, 11) is 1.00. The standard InChI is InChI=1S/C19H27N3O3.C19H31N3O2.C19H25N3O2.C14H19N3.C10H17NO3.C9H9BrN2.C9H10N2.C7H6N2.C2H5I.CH4O.3CH4.Br2/c1-5-22-16(14-8-6-7-9-15(14)20-22)19(24)10-12-21(13-11-19)17(23)25-18(2,3)4;2*1-5-22-17(15-8-6-7-9-16(15)20-22)14-10-12-21(13-11-14)18(23)24-19(2,3)4;1-2-17-14(11-7-9-15-10-8-11)12-5-3-4-6-13(12)16-17;1-10(2,3)14-9(13)11-6-4-8(12)5-7-11;1-2-12-9(10)7-5-3-4-6-8(7)11-12;1-2-11-7-8-5-3-4-6-9(8)10-11;1-2-4-7-6(3-1)5-8-9-7;1-2-3;1-2;;;;1-2/h6-9,24H,5,10-13H2,1-4H3;14H,5-13H2,1-4H3;6-10H,5,11-13H2,1-4H3;3-6,11,15H,2,7-10H2,1H3;4-7H2,1-3H3;3-6H,2H2,1H3;3-7H,2H2,1H3;1-5H,(H,8,9);2H2,1H3;2H,1H3;3*1H4;. The molecule has 12 heterocycles. The van der Waals surface area contributed by atoms with Gasteiger partial charge in [0.15, 0.2) is 0 Å². The number of amides is 4. The molecule has 0 saturated carbocycles. The fourth-order valence-corrected chi connectivity index (χ4v) is 18.6. The Morgan fingerprint density at radius 3 is 1.34 bits per heavy atom. The number of fused-ring (bicyclic) bond motifs is 7. The topological polar surface area (TPSA) is 323 Å². The van der Waals surface area contributed by atoms with E-state index in [4.69, 9.17) is 34.3 Å². The Morgan fingerprint density at radius 2 is 0.849 bits per heavy atom. The molecule has 19 rings (SSSR count). The lowest BCUT2D eigenvalue weighted by Gasteiger charge is -2.39. The van der Waals surface area contributed by atoms with Crippen LogP contribution in [0.1, 0.15) is 270 Å². The van der Waals surface area contributed by atoms with Crippen LogP contribution < -0.4 is 5.32 Å². The number of para-hydroxylation sites is 1. The number of ether oxygens (including phenoxy) is 4. The van der Waals surface area contributed by atoms with E-state index in [0.717, 1.165) is 146 Å². The molecule has 0 unspecified atom stereocenters. The predicted octanol–water partition coefficient (Wildman–Crippen LogP) is 26.4. The Hall–Kier alpha value is -10.1. The van der Waals surface area contributed by atoms with Crippen LogP contribution >= 0.6 is 66.8 Å². The van der Waals surface area contributed by atoms with Gasteiger partial charge in [0, 0.05) is 202 Å². The molecule has 4 saturated heterocycles. The first-order valence-corrected chi connectivity index (χ1v) is 56.5. The maximum Gasteiger partial charge on any atom is 0.410 e. The lowest BCUT2D eigenvalue weighted by atomic mass is 9.86. The number of aromatic nitrogens is 14. The number of rotatable bonds is 10. The van der Waals surface area contributed by atoms with Gasteiger partial charge in [-0.15, -0.1) is 0 Å². The molecule has 0 radical (unpaired) electrons. The van der Waals surface area contributed by atoms with Gasteiger partial charge in [-0.25, -0.2) is 19.2 Å². The van der Waals surface area contributed by atoms with Crippen LogP contribution in [0, 0.1) is 0 Å². The highest BCUT2D eigenvalue weighted by molar-refractivity contribution is 14.1. The van der Waals surface area contributed by atoms with Crippen LogP contribution in [-0.2, 0) is 81.5 Å². The zero-order valence-electron chi connectivity index (χ0n) is 87.6. The Kier molecular flexibility index (Phi) is 51.1. The van der Waals surface area contributed by atoms with Crippen molar-refractivity contribution in [2.45, 2.75) is 316 Å². The number of Topliss-reactive ketones (excluding diaryl/α,β-unsaturated/α-hetero) is 1. The van der Waals surface area contributed by atoms with Gasteiger partial charge in [-0.05, 0) is 276 Å². The van der Waals surface area contributed by atoms with Crippen molar-refractivity contribution in [2.24, 2.45) is 0 Å². The molecule has 13 aromatic rings. The van der Waals surface area contributed by atoms with Crippen LogP contribution in [0.3, 0.4) is 0 Å². The van der Waals surface area contributed by atoms with Crippen molar-refractivity contribution in [2.75, 3.05) is 77.0 Å². The number of hydrogen-bond donors (Lipinski definition) is 4. The van der Waals surface area contributed by atoms with E-state index in [1.54, 1.807) is 14.7 Å². The molecule has 6 aliphatic rings. The number of nitrogens with one attached hydrogen (secondary N) is 2. The third kappa shape index (κ3) is 35.8. The number of H-pyrrole nitrogens is 1. The smallest absolute Gasteiger partial charge is 0.410 e. The number of carbonyl (C=O) groups excluding carboxylic acids is 5. The zero-order chi connectivity index (χ0) is 104. The molecule has 0 spiro atoms. The summed E-state index contributed by atoms with van der Waals surface area (Å²) >= 11 is 11.3. The van der Waals surface area contributed by atoms with E-state index in [1.165, 1.54) is 92.0 Å². The Morgan fingerprint density at radius 1 is 0.445 bits per heavy atom. The quantitative estimate of drug-likeness (QED) is 0.0561. The van der Waals surface area contributed by atoms with E-state index in [9.17, 15) is 29.1 Å². The summed E-state index contributed by atoms with van der Waals surface area (Å²) in [5.41, 5.74) is 12.5. The number of halogens is 4. The van der Waals surface area contributed by atoms with E-state index >= 15 is 0 Å². The number of benzene rings is 6. The van der Waals surface area contributed by atoms with Crippen molar-refractivity contribution in [1.29, 1.82) is 0 Å². The van der Waals surface area contributed by atoms with Crippen LogP contribution in [0.4, 0.5) is 19.2 Å². The highest BCUT2D eigenvalue weighted by Crippen LogP contribution is 2.40. The zero-order valence-corrected chi connectivity index (χ0v) is 94.6. The maximum absolute atomic E-state index is 12.3. The summed E-state index contributed by atoms with van der Waals surface area (Å²) in [6.07, 6.45) is 17.0. The Labute approximate surface area is 904 Å². The molecule has 146 heavy (non-hydrogen) atoms. The summed E-state index contributed by atoms with van der Waals surface area (Å²) in [6, 6.07) is 48.9. The van der Waals surface area contributed by atoms with Crippen LogP contribution in [0.5, 0.6) is 0 Å². The maximum atomic E-state index is 12.3. The molecule has 0 atom stereocenters. The fraction of sp³-hybridized carbons (Fsp3) is 0.536. The largest absolute Gasteiger partial charge is 0.444 e. The van der Waals surface area contributed by atoms with Crippen molar-refractivity contribution >= 4 is 168 Å². The Balaban J connectivity index is 0.000000257. The molecule has 30 nitrogen and oxygen atoms in total. The minimum Gasteiger partial charge on any atom is -0.444 e. The van der Waals surface area contributed by atoms with Gasteiger partial charge in [0.25, 0.3) is 0 Å². The molecule has 4 amide bonds. The number of aryl methyl sites for hydroxylation is 7. The number of likely N-dealkylation sites (tertiary alicyclic amines) is 3. The van der Waals surface area contributed by atoms with Gasteiger partial charge in [0.05, 0.1) is 56.4 Å². The number of aromatic amines is 1. The first kappa shape index (κ1) is 125. The van der Waals surface area contributed by atoms with Gasteiger partial charge in [-0.3, -0.25) is 38.0 Å². The van der Waals surface area contributed by atoms with Gasteiger partial charge in [-0.1, -0.05) is 167 Å². The second kappa shape index (κ2) is 59.9. The summed E-state index contributed by atoms with van der Waals surface area (Å²) in [4.78, 5) is 66.0. The van der Waals surface area contributed by atoms with E-state index in [0.29, 0.717) is 83.3 Å². The number of carbonyl (C=O) groups is 5. The SMILES string of the molecule is BrBr.C.C.C.CC(C)(C)OC(=O)N1CCC(=O)CC1.CCI.CCn1cc2ccccc2n1.CCn1nc2c(c1C1CCN(C(=O)OC(C)(C)C)CC1)CCCC2.CCn1nc2ccccc2c1Br.CCn1nc2ccccc2c1C1(O)CCN(C(=O)OC(C)(C)C)CC1.CCn1nc2ccccc2c1C1=CCN(C(=O)OC(C)(C)C)CC1.CCn1nc2ccccc2c1C1CCNCC1.CO.c1ccc2[nH]ncc2c1.